The van der Waals surface area contributed by atoms with Gasteiger partial charge in [0.1, 0.15) is 10.4 Å². The fraction of sp³-hybridized carbons (Fsp3) is 0.333. The van der Waals surface area contributed by atoms with Crippen molar-refractivity contribution in [3.8, 4) is 11.4 Å². The summed E-state index contributed by atoms with van der Waals surface area (Å²) in [6.45, 7) is 6.49. The molecule has 1 aromatic carbocycles. The minimum atomic E-state index is -0.885. The number of hydrogen-bond acceptors (Lipinski definition) is 2. The van der Waals surface area contributed by atoms with E-state index in [9.17, 15) is 4.79 Å². The van der Waals surface area contributed by atoms with Crippen molar-refractivity contribution in [2.75, 3.05) is 0 Å². The zero-order chi connectivity index (χ0) is 14.9. The lowest BCUT2D eigenvalue weighted by Gasteiger charge is -2.18. The van der Waals surface area contributed by atoms with E-state index in [0.29, 0.717) is 16.1 Å². The molecule has 106 valence electrons. The predicted octanol–water partition coefficient (Wildman–Crippen LogP) is 3.76. The van der Waals surface area contributed by atoms with E-state index in [-0.39, 0.29) is 11.8 Å². The molecule has 1 aromatic heterocycles. The van der Waals surface area contributed by atoms with Crippen molar-refractivity contribution < 1.29 is 9.90 Å². The van der Waals surface area contributed by atoms with E-state index in [2.05, 4.69) is 58.8 Å². The number of halogens is 1. The largest absolute Gasteiger partial charge is 0.481 e. The van der Waals surface area contributed by atoms with Gasteiger partial charge in [0.05, 0.1) is 12.1 Å². The summed E-state index contributed by atoms with van der Waals surface area (Å²) in [6.07, 6.45) is -0.0757. The smallest absolute Gasteiger partial charge is 0.309 e. The Labute approximate surface area is 126 Å². The van der Waals surface area contributed by atoms with E-state index in [1.807, 2.05) is 12.1 Å². The number of aliphatic carboxylic acids is 1. The maximum Gasteiger partial charge on any atom is 0.309 e. The van der Waals surface area contributed by atoms with E-state index in [1.165, 1.54) is 5.56 Å². The third kappa shape index (κ3) is 3.28. The first-order valence-electron chi connectivity index (χ1n) is 6.34. The monoisotopic (exact) mass is 336 g/mol. The Bertz CT molecular complexity index is 624. The molecule has 0 saturated heterocycles. The second-order valence-electron chi connectivity index (χ2n) is 5.75. The van der Waals surface area contributed by atoms with Gasteiger partial charge in [0.25, 0.3) is 0 Å². The van der Waals surface area contributed by atoms with Crippen LogP contribution in [0.4, 0.5) is 0 Å². The van der Waals surface area contributed by atoms with Crippen LogP contribution in [0.25, 0.3) is 11.4 Å². The zero-order valence-corrected chi connectivity index (χ0v) is 13.3. The van der Waals surface area contributed by atoms with Crippen LogP contribution < -0.4 is 0 Å². The van der Waals surface area contributed by atoms with Gasteiger partial charge in [-0.05, 0) is 26.9 Å². The Kier molecular flexibility index (Phi) is 3.99. The summed E-state index contributed by atoms with van der Waals surface area (Å²) in [4.78, 5) is 18.1. The third-order valence-electron chi connectivity index (χ3n) is 3.08. The Morgan fingerprint density at radius 3 is 2.40 bits per heavy atom. The summed E-state index contributed by atoms with van der Waals surface area (Å²) >= 11 is 3.28. The number of hydrogen-bond donors (Lipinski definition) is 2. The summed E-state index contributed by atoms with van der Waals surface area (Å²) in [6, 6.07) is 8.14. The number of rotatable bonds is 3. The number of benzene rings is 1. The molecule has 0 unspecified atom stereocenters. The molecule has 2 aromatic rings. The molecule has 0 atom stereocenters. The van der Waals surface area contributed by atoms with Gasteiger partial charge in [0, 0.05) is 5.56 Å². The van der Waals surface area contributed by atoms with Crippen molar-refractivity contribution in [1.29, 1.82) is 0 Å². The second kappa shape index (κ2) is 5.40. The van der Waals surface area contributed by atoms with Crippen molar-refractivity contribution in [1.82, 2.24) is 9.97 Å². The lowest BCUT2D eigenvalue weighted by atomic mass is 9.87. The van der Waals surface area contributed by atoms with Crippen molar-refractivity contribution in [2.24, 2.45) is 0 Å². The predicted molar refractivity (Wildman–Crippen MR) is 81.8 cm³/mol. The van der Waals surface area contributed by atoms with Crippen LogP contribution in [0.1, 0.15) is 32.0 Å². The SMILES string of the molecule is CC(C)(C)c1ccc(-c2nc(Br)c(CC(=O)O)[nH]2)cc1. The van der Waals surface area contributed by atoms with E-state index in [0.717, 1.165) is 5.56 Å². The van der Waals surface area contributed by atoms with E-state index >= 15 is 0 Å². The van der Waals surface area contributed by atoms with Crippen LogP contribution in [-0.2, 0) is 16.6 Å². The molecule has 4 nitrogen and oxygen atoms in total. The quantitative estimate of drug-likeness (QED) is 0.896. The molecule has 20 heavy (non-hydrogen) atoms. The third-order valence-corrected chi connectivity index (χ3v) is 3.74. The van der Waals surface area contributed by atoms with Gasteiger partial charge in [0.15, 0.2) is 0 Å². The highest BCUT2D eigenvalue weighted by molar-refractivity contribution is 9.10. The summed E-state index contributed by atoms with van der Waals surface area (Å²) in [5.74, 6) is -0.211. The van der Waals surface area contributed by atoms with Crippen molar-refractivity contribution >= 4 is 21.9 Å². The molecule has 0 aliphatic rings. The number of nitrogens with zero attached hydrogens (tertiary/aromatic N) is 1. The van der Waals surface area contributed by atoms with Crippen molar-refractivity contribution in [3.63, 3.8) is 0 Å². The number of nitrogens with one attached hydrogen (secondary N) is 1. The Balaban J connectivity index is 2.30. The molecular formula is C15H17BrN2O2. The lowest BCUT2D eigenvalue weighted by molar-refractivity contribution is -0.136. The molecule has 0 aliphatic carbocycles. The molecule has 0 fully saturated rings. The maximum absolute atomic E-state index is 10.8. The average Bonchev–Trinajstić information content (AvgIpc) is 2.69. The van der Waals surface area contributed by atoms with Gasteiger partial charge in [-0.3, -0.25) is 4.79 Å². The van der Waals surface area contributed by atoms with E-state index in [4.69, 9.17) is 5.11 Å². The summed E-state index contributed by atoms with van der Waals surface area (Å²) in [5.41, 5.74) is 2.87. The Morgan fingerprint density at radius 2 is 1.90 bits per heavy atom. The fourth-order valence-corrected chi connectivity index (χ4v) is 2.34. The zero-order valence-electron chi connectivity index (χ0n) is 11.7. The molecule has 0 spiro atoms. The van der Waals surface area contributed by atoms with Crippen LogP contribution in [0.3, 0.4) is 0 Å². The molecule has 5 heteroatoms. The standard InChI is InChI=1S/C15H17BrN2O2/c1-15(2,3)10-6-4-9(5-7-10)14-17-11(8-12(19)20)13(16)18-14/h4-7H,8H2,1-3H3,(H,17,18)(H,19,20). The van der Waals surface area contributed by atoms with Crippen LogP contribution in [0, 0.1) is 0 Å². The molecule has 1 heterocycles. The molecule has 0 aliphatic heterocycles. The molecular weight excluding hydrogens is 320 g/mol. The molecule has 0 saturated carbocycles. The first-order chi connectivity index (χ1) is 9.27. The highest BCUT2D eigenvalue weighted by Crippen LogP contribution is 2.26. The van der Waals surface area contributed by atoms with Crippen LogP contribution in [0.2, 0.25) is 0 Å². The number of aromatic amines is 1. The Hall–Kier alpha value is -1.62. The highest BCUT2D eigenvalue weighted by Gasteiger charge is 2.15. The number of carbonyl (C=O) groups is 1. The van der Waals surface area contributed by atoms with Gasteiger partial charge >= 0.3 is 5.97 Å². The van der Waals surface area contributed by atoms with Crippen LogP contribution in [0.15, 0.2) is 28.9 Å². The normalized spacial score (nSPS) is 11.6. The van der Waals surface area contributed by atoms with Gasteiger partial charge in [0.2, 0.25) is 0 Å². The van der Waals surface area contributed by atoms with Crippen molar-refractivity contribution in [2.45, 2.75) is 32.6 Å². The molecule has 0 amide bonds. The van der Waals surface area contributed by atoms with Gasteiger partial charge in [-0.1, -0.05) is 45.0 Å². The van der Waals surface area contributed by atoms with Crippen LogP contribution in [-0.4, -0.2) is 21.0 Å². The van der Waals surface area contributed by atoms with Crippen LogP contribution >= 0.6 is 15.9 Å². The van der Waals surface area contributed by atoms with E-state index in [1.54, 1.807) is 0 Å². The number of carboxylic acids is 1. The minimum Gasteiger partial charge on any atom is -0.481 e. The van der Waals surface area contributed by atoms with Gasteiger partial charge in [-0.25, -0.2) is 4.98 Å². The summed E-state index contributed by atoms with van der Waals surface area (Å²) < 4.78 is 0.551. The lowest BCUT2D eigenvalue weighted by Crippen LogP contribution is -2.10. The topological polar surface area (TPSA) is 66.0 Å². The maximum atomic E-state index is 10.8. The van der Waals surface area contributed by atoms with Crippen molar-refractivity contribution in [3.05, 3.63) is 40.1 Å². The molecule has 2 N–H and O–H groups in total. The van der Waals surface area contributed by atoms with Gasteiger partial charge in [-0.2, -0.15) is 0 Å². The minimum absolute atomic E-state index is 0.0757. The van der Waals surface area contributed by atoms with Gasteiger partial charge < -0.3 is 10.1 Å². The van der Waals surface area contributed by atoms with E-state index < -0.39 is 5.97 Å². The number of imidazole rings is 1. The average molecular weight is 337 g/mol. The number of H-pyrrole nitrogens is 1. The number of carboxylic acid groups (broad SMARTS) is 1. The Morgan fingerprint density at radius 1 is 1.30 bits per heavy atom. The first kappa shape index (κ1) is 14.8. The molecule has 0 radical (unpaired) electrons. The van der Waals surface area contributed by atoms with Crippen LogP contribution in [0.5, 0.6) is 0 Å². The molecule has 2 rings (SSSR count). The second-order valence-corrected chi connectivity index (χ2v) is 6.50. The number of aromatic nitrogens is 2. The van der Waals surface area contributed by atoms with Gasteiger partial charge in [-0.15, -0.1) is 0 Å². The molecule has 0 bridgehead atoms. The summed E-state index contributed by atoms with van der Waals surface area (Å²) in [5, 5.41) is 8.83. The first-order valence-corrected chi connectivity index (χ1v) is 7.14. The summed E-state index contributed by atoms with van der Waals surface area (Å²) in [7, 11) is 0. The fourth-order valence-electron chi connectivity index (χ4n) is 1.92. The highest BCUT2D eigenvalue weighted by atomic mass is 79.9.